The first-order valence-electron chi connectivity index (χ1n) is 8.45. The van der Waals surface area contributed by atoms with Gasteiger partial charge in [-0.05, 0) is 36.4 Å². The normalized spacial score (nSPS) is 16.5. The van der Waals surface area contributed by atoms with E-state index in [0.717, 1.165) is 4.70 Å². The quantitative estimate of drug-likeness (QED) is 0.592. The molecule has 4 rings (SSSR count). The van der Waals surface area contributed by atoms with Crippen molar-refractivity contribution in [1.29, 1.82) is 0 Å². The van der Waals surface area contributed by atoms with Gasteiger partial charge in [0.05, 0.1) is 14.7 Å². The van der Waals surface area contributed by atoms with Crippen LogP contribution < -0.4 is 5.32 Å². The van der Waals surface area contributed by atoms with Gasteiger partial charge in [-0.3, -0.25) is 4.79 Å². The zero-order chi connectivity index (χ0) is 19.9. The summed E-state index contributed by atoms with van der Waals surface area (Å²) >= 11 is 14.7. The number of hydrogen-bond donors (Lipinski definition) is 1. The van der Waals surface area contributed by atoms with Gasteiger partial charge in [-0.2, -0.15) is 4.31 Å². The zero-order valence-electron chi connectivity index (χ0n) is 14.4. The summed E-state index contributed by atoms with van der Waals surface area (Å²) in [4.78, 5) is 17.0. The SMILES string of the molecule is O=C(Nc1nc2c(Cl)c(Cl)ccc2s1)C1CCN(S(=O)(=O)c2cccs2)CC1. The number of benzene rings is 1. The van der Waals surface area contributed by atoms with Crippen LogP contribution in [0, 0.1) is 5.92 Å². The topological polar surface area (TPSA) is 79.4 Å². The molecule has 0 spiro atoms. The Morgan fingerprint density at radius 3 is 2.64 bits per heavy atom. The van der Waals surface area contributed by atoms with E-state index in [1.165, 1.54) is 27.0 Å². The standard InChI is InChI=1S/C17H15Cl2N3O3S3/c18-11-3-4-12-15(14(11)19)20-17(27-12)21-16(23)10-5-7-22(8-6-10)28(24,25)13-2-1-9-26-13/h1-4,9-10H,5-8H2,(H,20,21,23). The lowest BCUT2D eigenvalue weighted by molar-refractivity contribution is -0.120. The van der Waals surface area contributed by atoms with Crippen molar-refractivity contribution in [2.24, 2.45) is 5.92 Å². The number of nitrogens with one attached hydrogen (secondary N) is 1. The molecule has 3 aromatic rings. The van der Waals surface area contributed by atoms with E-state index in [4.69, 9.17) is 23.2 Å². The Bertz CT molecular complexity index is 1120. The van der Waals surface area contributed by atoms with E-state index in [2.05, 4.69) is 10.3 Å². The highest BCUT2D eigenvalue weighted by molar-refractivity contribution is 7.91. The van der Waals surface area contributed by atoms with Crippen LogP contribution in [0.5, 0.6) is 0 Å². The van der Waals surface area contributed by atoms with Gasteiger partial charge in [0.2, 0.25) is 5.91 Å². The van der Waals surface area contributed by atoms with E-state index in [-0.39, 0.29) is 11.8 Å². The van der Waals surface area contributed by atoms with Gasteiger partial charge >= 0.3 is 0 Å². The Morgan fingerprint density at radius 1 is 1.21 bits per heavy atom. The van der Waals surface area contributed by atoms with Crippen LogP contribution >= 0.6 is 45.9 Å². The minimum absolute atomic E-state index is 0.158. The maximum atomic E-state index is 12.6. The second-order valence-electron chi connectivity index (χ2n) is 6.33. The number of fused-ring (bicyclic) bond motifs is 1. The molecule has 2 aromatic heterocycles. The van der Waals surface area contributed by atoms with Gasteiger partial charge < -0.3 is 5.32 Å². The van der Waals surface area contributed by atoms with Gasteiger partial charge in [-0.25, -0.2) is 13.4 Å². The van der Waals surface area contributed by atoms with Gasteiger partial charge in [0.25, 0.3) is 10.0 Å². The molecule has 11 heteroatoms. The van der Waals surface area contributed by atoms with E-state index >= 15 is 0 Å². The van der Waals surface area contributed by atoms with Crippen molar-refractivity contribution in [3.8, 4) is 0 Å². The minimum Gasteiger partial charge on any atom is -0.302 e. The van der Waals surface area contributed by atoms with Crippen molar-refractivity contribution in [3.63, 3.8) is 0 Å². The molecule has 1 saturated heterocycles. The summed E-state index contributed by atoms with van der Waals surface area (Å²) in [6, 6.07) is 6.82. The molecule has 0 radical (unpaired) electrons. The summed E-state index contributed by atoms with van der Waals surface area (Å²) in [5.41, 5.74) is 0.561. The number of aromatic nitrogens is 1. The van der Waals surface area contributed by atoms with E-state index in [0.29, 0.717) is 50.8 Å². The number of halogens is 2. The molecule has 0 bridgehead atoms. The first kappa shape index (κ1) is 20.1. The smallest absolute Gasteiger partial charge is 0.252 e. The van der Waals surface area contributed by atoms with Crippen molar-refractivity contribution < 1.29 is 13.2 Å². The Balaban J connectivity index is 1.41. The lowest BCUT2D eigenvalue weighted by atomic mass is 9.97. The van der Waals surface area contributed by atoms with Crippen LogP contribution in [-0.4, -0.2) is 36.7 Å². The molecule has 0 atom stereocenters. The monoisotopic (exact) mass is 475 g/mol. The molecule has 0 unspecified atom stereocenters. The molecule has 1 amide bonds. The van der Waals surface area contributed by atoms with Gasteiger partial charge in [0.15, 0.2) is 5.13 Å². The summed E-state index contributed by atoms with van der Waals surface area (Å²) in [5, 5.41) is 5.80. The van der Waals surface area contributed by atoms with Crippen molar-refractivity contribution in [3.05, 3.63) is 39.7 Å². The highest BCUT2D eigenvalue weighted by Crippen LogP contribution is 2.35. The lowest BCUT2D eigenvalue weighted by Crippen LogP contribution is -2.41. The Hall–Kier alpha value is -1.23. The first-order chi connectivity index (χ1) is 13.4. The molecule has 0 saturated carbocycles. The number of carbonyl (C=O) groups is 1. The summed E-state index contributed by atoms with van der Waals surface area (Å²) in [6.45, 7) is 0.638. The summed E-state index contributed by atoms with van der Waals surface area (Å²) in [6.07, 6.45) is 0.932. The Morgan fingerprint density at radius 2 is 1.96 bits per heavy atom. The summed E-state index contributed by atoms with van der Waals surface area (Å²) in [7, 11) is -3.47. The summed E-state index contributed by atoms with van der Waals surface area (Å²) in [5.74, 6) is -0.421. The van der Waals surface area contributed by atoms with E-state index < -0.39 is 10.0 Å². The van der Waals surface area contributed by atoms with Crippen molar-refractivity contribution >= 4 is 77.2 Å². The van der Waals surface area contributed by atoms with Gasteiger partial charge in [0, 0.05) is 19.0 Å². The number of nitrogens with zero attached hydrogens (tertiary/aromatic N) is 2. The van der Waals surface area contributed by atoms with Crippen molar-refractivity contribution in [2.45, 2.75) is 17.1 Å². The third-order valence-corrected chi connectivity index (χ3v) is 9.60. The first-order valence-corrected chi connectivity index (χ1v) is 12.3. The predicted octanol–water partition coefficient (Wildman–Crippen LogP) is 4.70. The number of carbonyl (C=O) groups excluding carboxylic acids is 1. The molecule has 1 aliphatic rings. The number of sulfonamides is 1. The molecule has 6 nitrogen and oxygen atoms in total. The maximum absolute atomic E-state index is 12.6. The highest BCUT2D eigenvalue weighted by Gasteiger charge is 2.32. The average molecular weight is 476 g/mol. The number of piperidine rings is 1. The minimum atomic E-state index is -3.47. The fourth-order valence-corrected chi connectivity index (χ4v) is 7.00. The molecule has 1 aromatic carbocycles. The van der Waals surface area contributed by atoms with Crippen LogP contribution in [0.4, 0.5) is 5.13 Å². The van der Waals surface area contributed by atoms with Crippen LogP contribution in [0.15, 0.2) is 33.9 Å². The van der Waals surface area contributed by atoms with Crippen molar-refractivity contribution in [2.75, 3.05) is 18.4 Å². The number of anilines is 1. The Labute approximate surface area is 180 Å². The Kier molecular flexibility index (Phi) is 5.65. The molecule has 1 N–H and O–H groups in total. The zero-order valence-corrected chi connectivity index (χ0v) is 18.4. The fourth-order valence-electron chi connectivity index (χ4n) is 3.09. The number of thiazole rings is 1. The van der Waals surface area contributed by atoms with Crippen LogP contribution in [0.3, 0.4) is 0 Å². The molecule has 148 valence electrons. The van der Waals surface area contributed by atoms with Crippen LogP contribution in [-0.2, 0) is 14.8 Å². The number of amides is 1. The van der Waals surface area contributed by atoms with Gasteiger partial charge in [-0.1, -0.05) is 40.6 Å². The van der Waals surface area contributed by atoms with Crippen molar-refractivity contribution in [1.82, 2.24) is 9.29 Å². The number of rotatable bonds is 4. The van der Waals surface area contributed by atoms with Crippen LogP contribution in [0.1, 0.15) is 12.8 Å². The molecular formula is C17H15Cl2N3O3S3. The second-order valence-corrected chi connectivity index (χ2v) is 11.3. The molecule has 1 aliphatic heterocycles. The average Bonchev–Trinajstić information content (AvgIpc) is 3.35. The van der Waals surface area contributed by atoms with Gasteiger partial charge in [-0.15, -0.1) is 11.3 Å². The molecule has 3 heterocycles. The molecule has 1 fully saturated rings. The number of thiophene rings is 1. The highest BCUT2D eigenvalue weighted by atomic mass is 35.5. The lowest BCUT2D eigenvalue weighted by Gasteiger charge is -2.29. The maximum Gasteiger partial charge on any atom is 0.252 e. The molecule has 0 aliphatic carbocycles. The third kappa shape index (κ3) is 3.79. The number of hydrogen-bond acceptors (Lipinski definition) is 6. The van der Waals surface area contributed by atoms with Crippen LogP contribution in [0.25, 0.3) is 10.2 Å². The molecular weight excluding hydrogens is 461 g/mol. The van der Waals surface area contributed by atoms with E-state index in [1.807, 2.05) is 6.07 Å². The summed E-state index contributed by atoms with van der Waals surface area (Å²) < 4.78 is 27.8. The van der Waals surface area contributed by atoms with Gasteiger partial charge in [0.1, 0.15) is 9.73 Å². The van der Waals surface area contributed by atoms with E-state index in [1.54, 1.807) is 23.6 Å². The fraction of sp³-hybridized carbons (Fsp3) is 0.294. The molecule has 28 heavy (non-hydrogen) atoms. The second kappa shape index (κ2) is 7.89. The third-order valence-electron chi connectivity index (χ3n) is 4.60. The van der Waals surface area contributed by atoms with E-state index in [9.17, 15) is 13.2 Å². The largest absolute Gasteiger partial charge is 0.302 e. The van der Waals surface area contributed by atoms with Crippen LogP contribution in [0.2, 0.25) is 10.0 Å². The predicted molar refractivity (Wildman–Crippen MR) is 114 cm³/mol.